The zero-order chi connectivity index (χ0) is 21.3. The molecule has 0 saturated carbocycles. The van der Waals surface area contributed by atoms with E-state index in [0.717, 1.165) is 0 Å². The molecule has 30 heavy (non-hydrogen) atoms. The van der Waals surface area contributed by atoms with Crippen molar-refractivity contribution < 1.29 is 4.79 Å². The molecule has 2 heterocycles. The van der Waals surface area contributed by atoms with Gasteiger partial charge in [-0.15, -0.1) is 10.2 Å². The number of para-hydroxylation sites is 1. The summed E-state index contributed by atoms with van der Waals surface area (Å²) in [7, 11) is 1.76. The summed E-state index contributed by atoms with van der Waals surface area (Å²) < 4.78 is 3.19. The van der Waals surface area contributed by atoms with Crippen LogP contribution in [0.3, 0.4) is 0 Å². The Hall–Kier alpha value is -3.72. The average molecular weight is 424 g/mol. The largest absolute Gasteiger partial charge is 0.318 e. The molecule has 0 aliphatic rings. The van der Waals surface area contributed by atoms with Crippen LogP contribution in [-0.2, 0) is 18.4 Å². The van der Waals surface area contributed by atoms with Crippen LogP contribution in [0.2, 0.25) is 5.02 Å². The average Bonchev–Trinajstić information content (AvgIpc) is 3.27. The maximum absolute atomic E-state index is 12.9. The van der Waals surface area contributed by atoms with Gasteiger partial charge in [0.1, 0.15) is 12.2 Å². The second kappa shape index (κ2) is 7.96. The van der Waals surface area contributed by atoms with Gasteiger partial charge in [-0.25, -0.2) is 4.68 Å². The lowest BCUT2D eigenvalue weighted by atomic mass is 10.2. The van der Waals surface area contributed by atoms with E-state index in [9.17, 15) is 9.59 Å². The molecule has 0 atom stereocenters. The van der Waals surface area contributed by atoms with Crippen molar-refractivity contribution in [3.05, 3.63) is 75.7 Å². The number of rotatable bonds is 5. The summed E-state index contributed by atoms with van der Waals surface area (Å²) in [4.78, 5) is 26.6. The van der Waals surface area contributed by atoms with E-state index in [-0.39, 0.29) is 17.8 Å². The highest BCUT2D eigenvalue weighted by molar-refractivity contribution is 6.30. The Labute approximate surface area is 176 Å². The van der Waals surface area contributed by atoms with E-state index < -0.39 is 5.91 Å². The molecular formula is C20H18ClN7O2. The number of carbonyl (C=O) groups excluding carboxylic acids is 1. The molecule has 0 saturated heterocycles. The highest BCUT2D eigenvalue weighted by Crippen LogP contribution is 2.18. The third kappa shape index (κ3) is 3.74. The van der Waals surface area contributed by atoms with Crippen molar-refractivity contribution in [3.8, 4) is 17.1 Å². The lowest BCUT2D eigenvalue weighted by Crippen LogP contribution is -2.25. The number of hydrogen-bond donors (Lipinski definition) is 1. The molecule has 4 aromatic rings. The second-order valence-corrected chi connectivity index (χ2v) is 7.07. The molecule has 0 radical (unpaired) electrons. The highest BCUT2D eigenvalue weighted by atomic mass is 35.5. The monoisotopic (exact) mass is 423 g/mol. The summed E-state index contributed by atoms with van der Waals surface area (Å²) in [5.41, 5.74) is 1.92. The first kappa shape index (κ1) is 19.6. The van der Waals surface area contributed by atoms with Gasteiger partial charge in [-0.2, -0.15) is 4.80 Å². The summed E-state index contributed by atoms with van der Waals surface area (Å²) in [6.45, 7) is 1.58. The zero-order valence-electron chi connectivity index (χ0n) is 16.3. The quantitative estimate of drug-likeness (QED) is 0.531. The van der Waals surface area contributed by atoms with Gasteiger partial charge in [0, 0.05) is 17.6 Å². The van der Waals surface area contributed by atoms with Crippen molar-refractivity contribution in [1.82, 2.24) is 29.6 Å². The Bertz CT molecular complexity index is 1270. The number of halogens is 1. The van der Waals surface area contributed by atoms with Gasteiger partial charge in [0.05, 0.1) is 11.4 Å². The third-order valence-corrected chi connectivity index (χ3v) is 4.87. The molecular weight excluding hydrogens is 406 g/mol. The van der Waals surface area contributed by atoms with E-state index in [1.54, 1.807) is 42.9 Å². The van der Waals surface area contributed by atoms with Gasteiger partial charge >= 0.3 is 0 Å². The Morgan fingerprint density at radius 1 is 1.13 bits per heavy atom. The molecule has 10 heteroatoms. The smallest absolute Gasteiger partial charge is 0.295 e. The highest BCUT2D eigenvalue weighted by Gasteiger charge is 2.19. The van der Waals surface area contributed by atoms with Crippen LogP contribution in [0.4, 0.5) is 5.69 Å². The Balaban J connectivity index is 1.54. The molecule has 0 fully saturated rings. The fourth-order valence-electron chi connectivity index (χ4n) is 3.07. The van der Waals surface area contributed by atoms with Crippen LogP contribution in [0.15, 0.2) is 59.4 Å². The van der Waals surface area contributed by atoms with Crippen molar-refractivity contribution in [2.45, 2.75) is 13.5 Å². The summed E-state index contributed by atoms with van der Waals surface area (Å²) in [6.07, 6.45) is 0. The van der Waals surface area contributed by atoms with Crippen molar-refractivity contribution >= 4 is 23.2 Å². The number of tetrazole rings is 1. The predicted molar refractivity (Wildman–Crippen MR) is 113 cm³/mol. The summed E-state index contributed by atoms with van der Waals surface area (Å²) >= 11 is 5.98. The first-order chi connectivity index (χ1) is 14.4. The maximum Gasteiger partial charge on any atom is 0.295 e. The van der Waals surface area contributed by atoms with Crippen molar-refractivity contribution in [3.63, 3.8) is 0 Å². The van der Waals surface area contributed by atoms with Gasteiger partial charge in [-0.3, -0.25) is 14.3 Å². The first-order valence-electron chi connectivity index (χ1n) is 9.11. The minimum atomic E-state index is -0.434. The van der Waals surface area contributed by atoms with Gasteiger partial charge in [0.2, 0.25) is 11.7 Å². The summed E-state index contributed by atoms with van der Waals surface area (Å²) in [6, 6.07) is 16.2. The topological polar surface area (TPSA) is 99.6 Å². The van der Waals surface area contributed by atoms with Crippen molar-refractivity contribution in [2.75, 3.05) is 5.32 Å². The minimum absolute atomic E-state index is 0.188. The number of nitrogens with zero attached hydrogens (tertiary/aromatic N) is 6. The lowest BCUT2D eigenvalue weighted by molar-refractivity contribution is -0.117. The maximum atomic E-state index is 12.9. The number of aromatic nitrogens is 6. The first-order valence-corrected chi connectivity index (χ1v) is 9.49. The molecule has 0 unspecified atom stereocenters. The van der Waals surface area contributed by atoms with Crippen LogP contribution in [0.1, 0.15) is 5.69 Å². The van der Waals surface area contributed by atoms with E-state index in [0.29, 0.717) is 27.8 Å². The normalized spacial score (nSPS) is 10.9. The molecule has 0 aliphatic heterocycles. The molecule has 4 rings (SSSR count). The van der Waals surface area contributed by atoms with E-state index in [2.05, 4.69) is 20.7 Å². The zero-order valence-corrected chi connectivity index (χ0v) is 17.0. The van der Waals surface area contributed by atoms with Crippen LogP contribution in [0.25, 0.3) is 17.1 Å². The van der Waals surface area contributed by atoms with Gasteiger partial charge in [0.25, 0.3) is 5.56 Å². The van der Waals surface area contributed by atoms with E-state index in [1.165, 1.54) is 9.48 Å². The van der Waals surface area contributed by atoms with E-state index >= 15 is 0 Å². The lowest BCUT2D eigenvalue weighted by Gasteiger charge is -2.07. The number of anilines is 1. The number of carbonyl (C=O) groups is 1. The van der Waals surface area contributed by atoms with Crippen LogP contribution in [0.5, 0.6) is 0 Å². The molecule has 2 aromatic heterocycles. The summed E-state index contributed by atoms with van der Waals surface area (Å²) in [5, 5.41) is 15.3. The molecule has 0 aliphatic carbocycles. The van der Waals surface area contributed by atoms with Crippen LogP contribution in [0, 0.1) is 6.92 Å². The summed E-state index contributed by atoms with van der Waals surface area (Å²) in [5.74, 6) is -0.0799. The number of nitrogens with one attached hydrogen (secondary N) is 1. The fourth-order valence-corrected chi connectivity index (χ4v) is 3.26. The van der Waals surface area contributed by atoms with E-state index in [1.807, 2.05) is 30.3 Å². The number of amides is 1. The second-order valence-electron chi connectivity index (χ2n) is 6.64. The molecule has 1 N–H and O–H groups in total. The van der Waals surface area contributed by atoms with Crippen LogP contribution >= 0.6 is 11.6 Å². The fraction of sp³-hybridized carbons (Fsp3) is 0.150. The van der Waals surface area contributed by atoms with Gasteiger partial charge in [0.15, 0.2) is 0 Å². The Kier molecular flexibility index (Phi) is 5.20. The molecule has 152 valence electrons. The molecule has 0 bridgehead atoms. The standard InChI is InChI=1S/C20H18ClN7O2/c1-13-18(20(30)28(26(13)2)16-9-4-3-5-10-16)22-17(29)12-27-24-19(23-25-27)14-7-6-8-15(21)11-14/h3-11H,12H2,1-2H3,(H,22,29). The Morgan fingerprint density at radius 2 is 1.90 bits per heavy atom. The van der Waals surface area contributed by atoms with Gasteiger partial charge < -0.3 is 5.32 Å². The van der Waals surface area contributed by atoms with Crippen LogP contribution in [-0.4, -0.2) is 35.5 Å². The minimum Gasteiger partial charge on any atom is -0.318 e. The number of hydrogen-bond acceptors (Lipinski definition) is 5. The Morgan fingerprint density at radius 3 is 2.63 bits per heavy atom. The molecule has 9 nitrogen and oxygen atoms in total. The SMILES string of the molecule is Cc1c(NC(=O)Cn2nnc(-c3cccc(Cl)c3)n2)c(=O)n(-c2ccccc2)n1C. The number of benzene rings is 2. The predicted octanol–water partition coefficient (Wildman–Crippen LogP) is 2.43. The van der Waals surface area contributed by atoms with Crippen molar-refractivity contribution in [2.24, 2.45) is 7.05 Å². The van der Waals surface area contributed by atoms with Gasteiger partial charge in [-0.05, 0) is 36.4 Å². The third-order valence-electron chi connectivity index (χ3n) is 4.64. The van der Waals surface area contributed by atoms with Crippen molar-refractivity contribution in [1.29, 1.82) is 0 Å². The molecule has 1 amide bonds. The van der Waals surface area contributed by atoms with Crippen LogP contribution < -0.4 is 10.9 Å². The van der Waals surface area contributed by atoms with Gasteiger partial charge in [-0.1, -0.05) is 41.9 Å². The van der Waals surface area contributed by atoms with E-state index in [4.69, 9.17) is 11.6 Å². The molecule has 0 spiro atoms. The molecule has 2 aromatic carbocycles.